The van der Waals surface area contributed by atoms with Gasteiger partial charge in [-0.25, -0.2) is 0 Å². The standard InChI is InChI=1S/C26H42O5/c1-5-12-21(13-6-2)25(28)30-19-24(23(27)18-20-16-10-9-11-17-20)31-26(29)22(14-7-3)15-8-4/h9-11,16-17,21-24,27H,5-8,12-15,18-19H2,1-4H3. The monoisotopic (exact) mass is 434 g/mol. The summed E-state index contributed by atoms with van der Waals surface area (Å²) in [6, 6.07) is 9.56. The van der Waals surface area contributed by atoms with Crippen molar-refractivity contribution in [2.45, 2.75) is 97.7 Å². The highest BCUT2D eigenvalue weighted by Gasteiger charge is 2.29. The molecule has 0 fully saturated rings. The summed E-state index contributed by atoms with van der Waals surface area (Å²) in [6.45, 7) is 8.06. The molecule has 0 aliphatic heterocycles. The number of aliphatic hydroxyl groups excluding tert-OH is 1. The first-order valence-electron chi connectivity index (χ1n) is 12.1. The first kappa shape index (κ1) is 27.2. The normalized spacial score (nSPS) is 13.3. The highest BCUT2D eigenvalue weighted by Crippen LogP contribution is 2.20. The van der Waals surface area contributed by atoms with Gasteiger partial charge in [-0.1, -0.05) is 83.7 Å². The molecule has 0 heterocycles. The molecule has 1 aromatic rings. The van der Waals surface area contributed by atoms with Crippen molar-refractivity contribution in [1.29, 1.82) is 0 Å². The molecule has 1 aromatic carbocycles. The number of aliphatic hydroxyl groups is 1. The highest BCUT2D eigenvalue weighted by molar-refractivity contribution is 5.73. The van der Waals surface area contributed by atoms with Gasteiger partial charge in [-0.2, -0.15) is 0 Å². The van der Waals surface area contributed by atoms with Crippen LogP contribution in [0.15, 0.2) is 30.3 Å². The summed E-state index contributed by atoms with van der Waals surface area (Å²) in [4.78, 5) is 25.4. The number of hydrogen-bond donors (Lipinski definition) is 1. The Hall–Kier alpha value is -1.88. The van der Waals surface area contributed by atoms with Gasteiger partial charge in [0, 0.05) is 6.42 Å². The zero-order valence-corrected chi connectivity index (χ0v) is 19.8. The SMILES string of the molecule is CCCC(CCC)C(=O)OCC(OC(=O)C(CCC)CCC)C(O)Cc1ccccc1. The fraction of sp³-hybridized carbons (Fsp3) is 0.692. The van der Waals surface area contributed by atoms with E-state index in [2.05, 4.69) is 0 Å². The third-order valence-electron chi connectivity index (χ3n) is 5.59. The summed E-state index contributed by atoms with van der Waals surface area (Å²) in [5.41, 5.74) is 0.941. The van der Waals surface area contributed by atoms with E-state index in [0.717, 1.165) is 56.9 Å². The Bertz CT molecular complexity index is 603. The van der Waals surface area contributed by atoms with E-state index >= 15 is 0 Å². The summed E-state index contributed by atoms with van der Waals surface area (Å²) in [7, 11) is 0. The van der Waals surface area contributed by atoms with Crippen LogP contribution in [-0.4, -0.2) is 35.9 Å². The average Bonchev–Trinajstić information content (AvgIpc) is 2.76. The Labute approximate surface area is 188 Å². The lowest BCUT2D eigenvalue weighted by Crippen LogP contribution is -2.39. The number of hydrogen-bond acceptors (Lipinski definition) is 5. The molecule has 0 amide bonds. The third-order valence-corrected chi connectivity index (χ3v) is 5.59. The first-order valence-corrected chi connectivity index (χ1v) is 12.1. The van der Waals surface area contributed by atoms with Crippen molar-refractivity contribution in [2.24, 2.45) is 11.8 Å². The van der Waals surface area contributed by atoms with Gasteiger partial charge in [0.25, 0.3) is 0 Å². The Balaban J connectivity index is 2.87. The number of carbonyl (C=O) groups excluding carboxylic acids is 2. The van der Waals surface area contributed by atoms with Gasteiger partial charge in [0.15, 0.2) is 6.10 Å². The second kappa shape index (κ2) is 15.9. The number of ether oxygens (including phenoxy) is 2. The maximum Gasteiger partial charge on any atom is 0.309 e. The number of rotatable bonds is 16. The van der Waals surface area contributed by atoms with Crippen LogP contribution in [0, 0.1) is 11.8 Å². The lowest BCUT2D eigenvalue weighted by Gasteiger charge is -2.26. The summed E-state index contributed by atoms with van der Waals surface area (Å²) in [6.07, 6.45) is 5.16. The van der Waals surface area contributed by atoms with Crippen molar-refractivity contribution in [2.75, 3.05) is 6.61 Å². The van der Waals surface area contributed by atoms with Crippen molar-refractivity contribution in [1.82, 2.24) is 0 Å². The van der Waals surface area contributed by atoms with E-state index in [-0.39, 0.29) is 30.4 Å². The van der Waals surface area contributed by atoms with Crippen LogP contribution in [0.5, 0.6) is 0 Å². The molecule has 5 heteroatoms. The molecule has 31 heavy (non-hydrogen) atoms. The quantitative estimate of drug-likeness (QED) is 0.349. The van der Waals surface area contributed by atoms with E-state index in [0.29, 0.717) is 6.42 Å². The van der Waals surface area contributed by atoms with Crippen LogP contribution in [0.2, 0.25) is 0 Å². The summed E-state index contributed by atoms with van der Waals surface area (Å²) >= 11 is 0. The van der Waals surface area contributed by atoms with Crippen molar-refractivity contribution in [3.8, 4) is 0 Å². The lowest BCUT2D eigenvalue weighted by atomic mass is 9.98. The maximum absolute atomic E-state index is 12.8. The van der Waals surface area contributed by atoms with Crippen LogP contribution in [-0.2, 0) is 25.5 Å². The number of esters is 2. The zero-order chi connectivity index (χ0) is 23.1. The molecule has 5 nitrogen and oxygen atoms in total. The van der Waals surface area contributed by atoms with Crippen LogP contribution >= 0.6 is 0 Å². The largest absolute Gasteiger partial charge is 0.461 e. The summed E-state index contributed by atoms with van der Waals surface area (Å²) < 4.78 is 11.3. The molecule has 0 aromatic heterocycles. The minimum absolute atomic E-state index is 0.118. The van der Waals surface area contributed by atoms with E-state index < -0.39 is 12.2 Å². The Morgan fingerprint density at radius 2 is 1.29 bits per heavy atom. The fourth-order valence-corrected chi connectivity index (χ4v) is 3.89. The number of carbonyl (C=O) groups is 2. The Morgan fingerprint density at radius 1 is 0.806 bits per heavy atom. The van der Waals surface area contributed by atoms with Gasteiger partial charge < -0.3 is 14.6 Å². The van der Waals surface area contributed by atoms with Crippen LogP contribution in [0.1, 0.15) is 84.6 Å². The van der Waals surface area contributed by atoms with Gasteiger partial charge in [-0.05, 0) is 31.2 Å². The Morgan fingerprint density at radius 3 is 1.77 bits per heavy atom. The third kappa shape index (κ3) is 10.3. The number of benzene rings is 1. The fourth-order valence-electron chi connectivity index (χ4n) is 3.89. The smallest absolute Gasteiger partial charge is 0.309 e. The molecule has 176 valence electrons. The van der Waals surface area contributed by atoms with Gasteiger partial charge in [0.2, 0.25) is 0 Å². The molecule has 0 saturated carbocycles. The van der Waals surface area contributed by atoms with Gasteiger partial charge >= 0.3 is 11.9 Å². The average molecular weight is 435 g/mol. The van der Waals surface area contributed by atoms with Crippen LogP contribution in [0.3, 0.4) is 0 Å². The molecule has 1 rings (SSSR count). The minimum Gasteiger partial charge on any atom is -0.461 e. The van der Waals surface area contributed by atoms with Crippen molar-refractivity contribution in [3.63, 3.8) is 0 Å². The first-order chi connectivity index (χ1) is 15.0. The highest BCUT2D eigenvalue weighted by atomic mass is 16.6. The maximum atomic E-state index is 12.8. The van der Waals surface area contributed by atoms with Crippen molar-refractivity contribution >= 4 is 11.9 Å². The minimum atomic E-state index is -0.946. The molecular weight excluding hydrogens is 392 g/mol. The predicted octanol–water partition coefficient (Wildman–Crippen LogP) is 5.48. The summed E-state index contributed by atoms with van der Waals surface area (Å²) in [5, 5.41) is 10.8. The van der Waals surface area contributed by atoms with Crippen LogP contribution in [0.25, 0.3) is 0 Å². The van der Waals surface area contributed by atoms with Gasteiger partial charge in [0.1, 0.15) is 6.61 Å². The topological polar surface area (TPSA) is 72.8 Å². The van der Waals surface area contributed by atoms with E-state index in [4.69, 9.17) is 9.47 Å². The molecular formula is C26H42O5. The van der Waals surface area contributed by atoms with E-state index in [1.165, 1.54) is 0 Å². The van der Waals surface area contributed by atoms with Crippen molar-refractivity contribution in [3.05, 3.63) is 35.9 Å². The molecule has 0 aliphatic rings. The molecule has 0 aliphatic carbocycles. The predicted molar refractivity (Wildman–Crippen MR) is 124 cm³/mol. The van der Waals surface area contributed by atoms with E-state index in [9.17, 15) is 14.7 Å². The van der Waals surface area contributed by atoms with Gasteiger partial charge in [-0.15, -0.1) is 0 Å². The van der Waals surface area contributed by atoms with Gasteiger partial charge in [-0.3, -0.25) is 9.59 Å². The zero-order valence-electron chi connectivity index (χ0n) is 19.8. The molecule has 2 atom stereocenters. The van der Waals surface area contributed by atoms with Crippen LogP contribution < -0.4 is 0 Å². The molecule has 0 saturated heterocycles. The van der Waals surface area contributed by atoms with Crippen molar-refractivity contribution < 1.29 is 24.2 Å². The van der Waals surface area contributed by atoms with Crippen LogP contribution in [0.4, 0.5) is 0 Å². The molecule has 2 unspecified atom stereocenters. The second-order valence-electron chi connectivity index (χ2n) is 8.41. The van der Waals surface area contributed by atoms with Gasteiger partial charge in [0.05, 0.1) is 17.9 Å². The molecule has 0 bridgehead atoms. The Kier molecular flexibility index (Phi) is 13.9. The second-order valence-corrected chi connectivity index (χ2v) is 8.41. The molecule has 0 spiro atoms. The molecule has 1 N–H and O–H groups in total. The lowest BCUT2D eigenvalue weighted by molar-refractivity contribution is -0.172. The van der Waals surface area contributed by atoms with E-state index in [1.54, 1.807) is 0 Å². The molecule has 0 radical (unpaired) electrons. The van der Waals surface area contributed by atoms with E-state index in [1.807, 2.05) is 58.0 Å². The summed E-state index contributed by atoms with van der Waals surface area (Å²) in [5.74, 6) is -0.915.